The first kappa shape index (κ1) is 23.3. The van der Waals surface area contributed by atoms with Crippen LogP contribution in [0, 0.1) is 0 Å². The largest absolute Gasteiger partial charge is 0.416 e. The molecule has 0 aromatic carbocycles. The van der Waals surface area contributed by atoms with Crippen LogP contribution in [-0.4, -0.2) is 24.7 Å². The van der Waals surface area contributed by atoms with Crippen molar-refractivity contribution in [2.24, 2.45) is 0 Å². The monoisotopic (exact) mass is 385 g/mol. The first-order valence-corrected chi connectivity index (χ1v) is 9.58. The molecule has 0 unspecified atom stereocenters. The molecule has 1 saturated heterocycles. The van der Waals surface area contributed by atoms with Gasteiger partial charge in [-0.3, -0.25) is 0 Å². The average molecular weight is 385 g/mol. The number of hydrogen-bond donors (Lipinski definition) is 0. The summed E-state index contributed by atoms with van der Waals surface area (Å²) in [4.78, 5) is 2.10. The molecular formula is C22H31F4N. The molecule has 1 fully saturated rings. The number of likely N-dealkylation sites (tertiary alicyclic amines) is 1. The van der Waals surface area contributed by atoms with Gasteiger partial charge in [0.15, 0.2) is 0 Å². The second-order valence-electron chi connectivity index (χ2n) is 6.82. The zero-order chi connectivity index (χ0) is 20.6. The highest BCUT2D eigenvalue weighted by Gasteiger charge is 2.32. The second kappa shape index (κ2) is 10.5. The standard InChI is InChI=1S/C22H31F4N/c1-6-11-17(22(24,25)26)14-20(21(23)8-3)19(16(4)7-2)15-18-12-9-10-13-27(18)5/h8,11,14-15H,6-7,9-10,12-13H2,1-5H3/b17-11-,18-15-,19-16?,20-14-,21-8+. The van der Waals surface area contributed by atoms with Gasteiger partial charge < -0.3 is 4.90 Å². The molecule has 0 aliphatic carbocycles. The molecule has 0 spiro atoms. The molecule has 0 aromatic rings. The van der Waals surface area contributed by atoms with Crippen molar-refractivity contribution in [2.45, 2.75) is 66.0 Å². The zero-order valence-electron chi connectivity index (χ0n) is 17.0. The van der Waals surface area contributed by atoms with Gasteiger partial charge in [0.05, 0.1) is 5.57 Å². The van der Waals surface area contributed by atoms with Crippen LogP contribution in [0.5, 0.6) is 0 Å². The molecule has 1 nitrogen and oxygen atoms in total. The first-order chi connectivity index (χ1) is 12.6. The lowest BCUT2D eigenvalue weighted by Crippen LogP contribution is -2.23. The van der Waals surface area contributed by atoms with Gasteiger partial charge in [-0.15, -0.1) is 0 Å². The summed E-state index contributed by atoms with van der Waals surface area (Å²) in [6.45, 7) is 7.81. The summed E-state index contributed by atoms with van der Waals surface area (Å²) in [6, 6.07) is 0. The van der Waals surface area contributed by atoms with Gasteiger partial charge in [-0.25, -0.2) is 4.39 Å². The van der Waals surface area contributed by atoms with Crippen LogP contribution >= 0.6 is 0 Å². The summed E-state index contributed by atoms with van der Waals surface area (Å²) in [5.74, 6) is -0.639. The smallest absolute Gasteiger partial charge is 0.378 e. The molecule has 0 N–H and O–H groups in total. The second-order valence-corrected chi connectivity index (χ2v) is 6.82. The Hall–Kier alpha value is -1.78. The molecule has 27 heavy (non-hydrogen) atoms. The van der Waals surface area contributed by atoms with Crippen LogP contribution in [0.4, 0.5) is 17.6 Å². The van der Waals surface area contributed by atoms with Gasteiger partial charge in [0.25, 0.3) is 0 Å². The Balaban J connectivity index is 3.62. The number of piperidine rings is 1. The molecule has 0 atom stereocenters. The molecule has 1 heterocycles. The van der Waals surface area contributed by atoms with E-state index in [0.717, 1.165) is 49.2 Å². The maximum atomic E-state index is 14.7. The van der Waals surface area contributed by atoms with Gasteiger partial charge in [0.1, 0.15) is 5.83 Å². The maximum Gasteiger partial charge on any atom is 0.416 e. The molecule has 0 amide bonds. The number of halogens is 4. The normalized spacial score (nSPS) is 20.3. The van der Waals surface area contributed by atoms with Crippen LogP contribution in [0.1, 0.15) is 59.8 Å². The quantitative estimate of drug-likeness (QED) is 0.340. The van der Waals surface area contributed by atoms with Crippen LogP contribution in [0.15, 0.2) is 58.1 Å². The molecule has 0 radical (unpaired) electrons. The van der Waals surface area contributed by atoms with Gasteiger partial charge in [-0.2, -0.15) is 13.2 Å². The third-order valence-electron chi connectivity index (χ3n) is 4.82. The van der Waals surface area contributed by atoms with Crippen molar-refractivity contribution in [3.8, 4) is 0 Å². The highest BCUT2D eigenvalue weighted by atomic mass is 19.4. The van der Waals surface area contributed by atoms with E-state index in [1.165, 1.54) is 13.0 Å². The summed E-state index contributed by atoms with van der Waals surface area (Å²) in [6.07, 6.45) is 4.45. The van der Waals surface area contributed by atoms with Crippen molar-refractivity contribution >= 4 is 0 Å². The minimum atomic E-state index is -4.52. The SMILES string of the molecule is C\C=C(F)/C(=C\C(=C\CC)C(F)(F)F)C(/C=C1/CCCCN1C)=C(C)CC. The molecule has 0 bridgehead atoms. The van der Waals surface area contributed by atoms with Crippen molar-refractivity contribution in [2.75, 3.05) is 13.6 Å². The van der Waals surface area contributed by atoms with Gasteiger partial charge in [0.2, 0.25) is 0 Å². The summed E-state index contributed by atoms with van der Waals surface area (Å²) < 4.78 is 54.9. The van der Waals surface area contributed by atoms with E-state index in [2.05, 4.69) is 4.90 Å². The summed E-state index contributed by atoms with van der Waals surface area (Å²) in [5, 5.41) is 0. The molecule has 1 aliphatic rings. The number of allylic oxidation sites excluding steroid dienone is 10. The van der Waals surface area contributed by atoms with Gasteiger partial charge in [-0.05, 0) is 63.7 Å². The summed E-state index contributed by atoms with van der Waals surface area (Å²) >= 11 is 0. The molecule has 152 valence electrons. The first-order valence-electron chi connectivity index (χ1n) is 9.58. The van der Waals surface area contributed by atoms with E-state index >= 15 is 0 Å². The number of hydrogen-bond acceptors (Lipinski definition) is 1. The van der Waals surface area contributed by atoms with Gasteiger partial charge >= 0.3 is 6.18 Å². The Morgan fingerprint density at radius 3 is 2.33 bits per heavy atom. The molecule has 1 rings (SSSR count). The van der Waals surface area contributed by atoms with E-state index in [0.29, 0.717) is 12.0 Å². The topological polar surface area (TPSA) is 3.24 Å². The summed E-state index contributed by atoms with van der Waals surface area (Å²) in [5.41, 5.74) is 1.63. The number of alkyl halides is 3. The fourth-order valence-corrected chi connectivity index (χ4v) is 3.02. The Morgan fingerprint density at radius 1 is 1.19 bits per heavy atom. The molecule has 1 aliphatic heterocycles. The molecule has 0 saturated carbocycles. The maximum absolute atomic E-state index is 14.7. The van der Waals surface area contributed by atoms with Crippen LogP contribution in [0.2, 0.25) is 0 Å². The van der Waals surface area contributed by atoms with E-state index in [-0.39, 0.29) is 12.0 Å². The third-order valence-corrected chi connectivity index (χ3v) is 4.82. The van der Waals surface area contributed by atoms with Crippen molar-refractivity contribution in [1.29, 1.82) is 0 Å². The predicted molar refractivity (Wildman–Crippen MR) is 105 cm³/mol. The van der Waals surface area contributed by atoms with Crippen LogP contribution in [0.3, 0.4) is 0 Å². The van der Waals surface area contributed by atoms with Crippen molar-refractivity contribution in [3.05, 3.63) is 58.1 Å². The fourth-order valence-electron chi connectivity index (χ4n) is 3.02. The fraction of sp³-hybridized carbons (Fsp3) is 0.545. The lowest BCUT2D eigenvalue weighted by Gasteiger charge is -2.28. The lowest BCUT2D eigenvalue weighted by molar-refractivity contribution is -0.0884. The van der Waals surface area contributed by atoms with E-state index in [1.54, 1.807) is 6.92 Å². The van der Waals surface area contributed by atoms with Gasteiger partial charge in [0, 0.05) is 24.9 Å². The lowest BCUT2D eigenvalue weighted by atomic mass is 9.93. The molecule has 5 heteroatoms. The average Bonchev–Trinajstić information content (AvgIpc) is 2.62. The van der Waals surface area contributed by atoms with Gasteiger partial charge in [-0.1, -0.05) is 31.6 Å². The number of nitrogens with zero attached hydrogens (tertiary/aromatic N) is 1. The van der Waals surface area contributed by atoms with Crippen LogP contribution in [-0.2, 0) is 0 Å². The van der Waals surface area contributed by atoms with E-state index < -0.39 is 17.6 Å². The number of rotatable bonds is 6. The van der Waals surface area contributed by atoms with Crippen molar-refractivity contribution < 1.29 is 17.6 Å². The van der Waals surface area contributed by atoms with Crippen LogP contribution < -0.4 is 0 Å². The molecular weight excluding hydrogens is 354 g/mol. The zero-order valence-corrected chi connectivity index (χ0v) is 17.0. The Kier molecular flexibility index (Phi) is 9.07. The van der Waals surface area contributed by atoms with Crippen LogP contribution in [0.25, 0.3) is 0 Å². The molecule has 0 aromatic heterocycles. The van der Waals surface area contributed by atoms with E-state index in [1.807, 2.05) is 27.0 Å². The highest BCUT2D eigenvalue weighted by Crippen LogP contribution is 2.34. The van der Waals surface area contributed by atoms with Crippen molar-refractivity contribution in [3.63, 3.8) is 0 Å². The Labute approximate surface area is 160 Å². The predicted octanol–water partition coefficient (Wildman–Crippen LogP) is 7.41. The van der Waals surface area contributed by atoms with Crippen molar-refractivity contribution in [1.82, 2.24) is 4.90 Å². The van der Waals surface area contributed by atoms with E-state index in [4.69, 9.17) is 0 Å². The van der Waals surface area contributed by atoms with E-state index in [9.17, 15) is 17.6 Å². The third kappa shape index (κ3) is 6.71. The minimum absolute atomic E-state index is 0.000323. The summed E-state index contributed by atoms with van der Waals surface area (Å²) in [7, 11) is 1.97. The Morgan fingerprint density at radius 2 is 1.85 bits per heavy atom. The minimum Gasteiger partial charge on any atom is -0.378 e. The highest BCUT2D eigenvalue weighted by molar-refractivity contribution is 5.55. The Bertz CT molecular complexity index is 660.